The number of hydrogen-bond donors (Lipinski definition) is 3. The Kier molecular flexibility index (Phi) is 40.0. The fraction of sp³-hybridized carbons (Fsp3) is 0.938. The van der Waals surface area contributed by atoms with Gasteiger partial charge in [0.15, 0.2) is 0 Å². The van der Waals surface area contributed by atoms with E-state index in [-0.39, 0.29) is 47.5 Å². The van der Waals surface area contributed by atoms with E-state index in [1.165, 1.54) is 25.7 Å². The van der Waals surface area contributed by atoms with Gasteiger partial charge in [0, 0.05) is 40.0 Å². The zero-order valence-corrected chi connectivity index (χ0v) is 16.5. The minimum atomic E-state index is -0.167. The third-order valence-corrected chi connectivity index (χ3v) is 1.64. The second-order valence-corrected chi connectivity index (χ2v) is 5.67. The van der Waals surface area contributed by atoms with Crippen LogP contribution in [0, 0.1) is 13.3 Å². The largest absolute Gasteiger partial charge is 0.394 e. The molecular formula is C16H39O3Ti-. The van der Waals surface area contributed by atoms with Crippen LogP contribution in [0.1, 0.15) is 74.1 Å². The Balaban J connectivity index is -0.0000000496. The van der Waals surface area contributed by atoms with E-state index in [9.17, 15) is 0 Å². The summed E-state index contributed by atoms with van der Waals surface area (Å²) in [7, 11) is 0. The first kappa shape index (κ1) is 32.5. The predicted molar refractivity (Wildman–Crippen MR) is 86.1 cm³/mol. The van der Waals surface area contributed by atoms with Crippen molar-refractivity contribution in [2.24, 2.45) is 5.92 Å². The van der Waals surface area contributed by atoms with Gasteiger partial charge in [0.25, 0.3) is 0 Å². The van der Waals surface area contributed by atoms with E-state index in [2.05, 4.69) is 6.92 Å². The Morgan fingerprint density at radius 2 is 0.850 bits per heavy atom. The van der Waals surface area contributed by atoms with E-state index in [4.69, 9.17) is 15.3 Å². The average molecular weight is 327 g/mol. The van der Waals surface area contributed by atoms with Crippen molar-refractivity contribution < 1.29 is 37.0 Å². The van der Waals surface area contributed by atoms with Crippen LogP contribution >= 0.6 is 0 Å². The van der Waals surface area contributed by atoms with E-state index in [0.717, 1.165) is 5.92 Å². The zero-order chi connectivity index (χ0) is 15.1. The van der Waals surface area contributed by atoms with E-state index in [0.29, 0.717) is 0 Å². The molecule has 0 spiro atoms. The summed E-state index contributed by atoms with van der Waals surface area (Å²) in [5.41, 5.74) is 0. The van der Waals surface area contributed by atoms with Crippen molar-refractivity contribution in [3.8, 4) is 0 Å². The molecule has 0 saturated heterocycles. The van der Waals surface area contributed by atoms with Gasteiger partial charge in [-0.15, -0.1) is 0 Å². The molecule has 0 heterocycles. The molecule has 20 heavy (non-hydrogen) atoms. The third-order valence-electron chi connectivity index (χ3n) is 1.64. The van der Waals surface area contributed by atoms with E-state index < -0.39 is 0 Å². The molecule has 1 aliphatic carbocycles. The van der Waals surface area contributed by atoms with Crippen LogP contribution < -0.4 is 0 Å². The molecule has 1 fully saturated rings. The Hall–Kier alpha value is 0.594. The fourth-order valence-electron chi connectivity index (χ4n) is 1.13. The second kappa shape index (κ2) is 24.6. The first-order valence-corrected chi connectivity index (χ1v) is 7.13. The molecule has 0 aromatic rings. The van der Waals surface area contributed by atoms with Crippen molar-refractivity contribution >= 4 is 0 Å². The van der Waals surface area contributed by atoms with Crippen LogP contribution in [-0.2, 0) is 21.7 Å². The van der Waals surface area contributed by atoms with Gasteiger partial charge in [-0.25, -0.2) is 0 Å². The smallest absolute Gasteiger partial charge is 0.0483 e. The SMILES string of the molecule is CC(C)O.CC(C)O.CC(C)O.CC1CCCC1.[CH3-].[Ti]. The summed E-state index contributed by atoms with van der Waals surface area (Å²) in [6.45, 7) is 12.7. The molecule has 0 aromatic carbocycles. The molecule has 3 N–H and O–H groups in total. The Bertz CT molecular complexity index is 111. The van der Waals surface area contributed by atoms with Crippen molar-refractivity contribution in [2.75, 3.05) is 0 Å². The predicted octanol–water partition coefficient (Wildman–Crippen LogP) is 3.81. The maximum absolute atomic E-state index is 8.06. The molecule has 126 valence electrons. The summed E-state index contributed by atoms with van der Waals surface area (Å²) >= 11 is 0. The van der Waals surface area contributed by atoms with Gasteiger partial charge in [-0.05, 0) is 47.5 Å². The third kappa shape index (κ3) is 99.8. The molecule has 0 aliphatic heterocycles. The van der Waals surface area contributed by atoms with Crippen LogP contribution in [0.25, 0.3) is 0 Å². The van der Waals surface area contributed by atoms with Gasteiger partial charge in [-0.2, -0.15) is 0 Å². The number of aliphatic hydroxyl groups excluding tert-OH is 3. The van der Waals surface area contributed by atoms with Gasteiger partial charge in [-0.3, -0.25) is 0 Å². The van der Waals surface area contributed by atoms with Crippen molar-refractivity contribution in [1.29, 1.82) is 0 Å². The average Bonchev–Trinajstić information content (AvgIpc) is 2.51. The summed E-state index contributed by atoms with van der Waals surface area (Å²) in [5, 5.41) is 24.2. The van der Waals surface area contributed by atoms with Crippen LogP contribution in [-0.4, -0.2) is 33.6 Å². The molecule has 0 atom stereocenters. The van der Waals surface area contributed by atoms with Crippen LogP contribution in [0.2, 0.25) is 0 Å². The maximum Gasteiger partial charge on any atom is 0.0483 e. The first-order chi connectivity index (χ1) is 8.09. The summed E-state index contributed by atoms with van der Waals surface area (Å²) in [6.07, 6.45) is 5.45. The van der Waals surface area contributed by atoms with Crippen molar-refractivity contribution in [2.45, 2.75) is 92.5 Å². The van der Waals surface area contributed by atoms with Gasteiger partial charge in [0.05, 0.1) is 0 Å². The van der Waals surface area contributed by atoms with Crippen LogP contribution in [0.15, 0.2) is 0 Å². The Morgan fingerprint density at radius 3 is 0.900 bits per heavy atom. The molecule has 1 aliphatic rings. The summed E-state index contributed by atoms with van der Waals surface area (Å²) in [4.78, 5) is 0. The topological polar surface area (TPSA) is 60.7 Å². The standard InChI is InChI=1S/C6H12.3C3H8O.CH3.Ti/c1-6-4-2-3-5-6;3*1-3(2)4;;/h6H,2-5H2,1H3;3*3-4H,1-2H3;1H3;/q;;;;-1;. The van der Waals surface area contributed by atoms with Crippen molar-refractivity contribution in [1.82, 2.24) is 0 Å². The van der Waals surface area contributed by atoms with Crippen molar-refractivity contribution in [3.05, 3.63) is 7.43 Å². The van der Waals surface area contributed by atoms with Crippen molar-refractivity contribution in [3.63, 3.8) is 0 Å². The van der Waals surface area contributed by atoms with E-state index in [1.807, 2.05) is 0 Å². The molecule has 0 unspecified atom stereocenters. The monoisotopic (exact) mass is 327 g/mol. The molecule has 3 nitrogen and oxygen atoms in total. The minimum Gasteiger partial charge on any atom is -0.394 e. The van der Waals surface area contributed by atoms with Crippen LogP contribution in [0.5, 0.6) is 0 Å². The molecule has 4 heteroatoms. The quantitative estimate of drug-likeness (QED) is 0.468. The number of rotatable bonds is 0. The molecule has 1 rings (SSSR count). The molecule has 0 bridgehead atoms. The van der Waals surface area contributed by atoms with Gasteiger partial charge in [0.2, 0.25) is 0 Å². The maximum atomic E-state index is 8.06. The number of hydrogen-bond acceptors (Lipinski definition) is 3. The summed E-state index contributed by atoms with van der Waals surface area (Å²) < 4.78 is 0. The van der Waals surface area contributed by atoms with E-state index in [1.54, 1.807) is 41.5 Å². The summed E-state index contributed by atoms with van der Waals surface area (Å²) in [6, 6.07) is 0. The van der Waals surface area contributed by atoms with E-state index >= 15 is 0 Å². The number of aliphatic hydroxyl groups is 3. The second-order valence-electron chi connectivity index (χ2n) is 5.67. The van der Waals surface area contributed by atoms with Gasteiger partial charge in [0.1, 0.15) is 0 Å². The van der Waals surface area contributed by atoms with Gasteiger partial charge in [-0.1, -0.05) is 32.6 Å². The molecular weight excluding hydrogens is 288 g/mol. The van der Waals surface area contributed by atoms with Crippen LogP contribution in [0.4, 0.5) is 0 Å². The van der Waals surface area contributed by atoms with Crippen LogP contribution in [0.3, 0.4) is 0 Å². The molecule has 1 saturated carbocycles. The Labute approximate surface area is 143 Å². The summed E-state index contributed by atoms with van der Waals surface area (Å²) in [5.74, 6) is 1.05. The van der Waals surface area contributed by atoms with Gasteiger partial charge >= 0.3 is 0 Å². The molecule has 0 radical (unpaired) electrons. The fourth-order valence-corrected chi connectivity index (χ4v) is 1.13. The molecule has 0 amide bonds. The normalized spacial score (nSPS) is 13.1. The molecule has 0 aromatic heterocycles. The zero-order valence-electron chi connectivity index (χ0n) is 15.0. The van der Waals surface area contributed by atoms with Gasteiger partial charge < -0.3 is 22.7 Å². The minimum absolute atomic E-state index is 0. The Morgan fingerprint density at radius 1 is 0.700 bits per heavy atom. The first-order valence-electron chi connectivity index (χ1n) is 7.13.